The molecular weight excluding hydrogens is 368 g/mol. The van der Waals surface area contributed by atoms with Gasteiger partial charge < -0.3 is 19.1 Å². The number of rotatable bonds is 5. The van der Waals surface area contributed by atoms with E-state index < -0.39 is 5.97 Å². The van der Waals surface area contributed by atoms with E-state index in [1.54, 1.807) is 36.8 Å². The molecule has 4 rings (SSSR count). The zero-order chi connectivity index (χ0) is 18.8. The zero-order valence-electron chi connectivity index (χ0n) is 14.6. The van der Waals surface area contributed by atoms with E-state index in [9.17, 15) is 9.90 Å². The Labute approximate surface area is 161 Å². The number of anilines is 1. The number of hydrogen-bond acceptors (Lipinski definition) is 5. The Kier molecular flexibility index (Phi) is 4.85. The van der Waals surface area contributed by atoms with Crippen molar-refractivity contribution >= 4 is 23.4 Å². The molecule has 1 saturated heterocycles. The van der Waals surface area contributed by atoms with Gasteiger partial charge in [0.15, 0.2) is 17.1 Å². The van der Waals surface area contributed by atoms with Crippen molar-refractivity contribution in [3.8, 4) is 11.3 Å². The predicted molar refractivity (Wildman–Crippen MR) is 101 cm³/mol. The Morgan fingerprint density at radius 1 is 1.33 bits per heavy atom. The summed E-state index contributed by atoms with van der Waals surface area (Å²) in [7, 11) is 0. The lowest BCUT2D eigenvalue weighted by molar-refractivity contribution is 0.0697. The fourth-order valence-corrected chi connectivity index (χ4v) is 3.71. The second kappa shape index (κ2) is 7.44. The maximum Gasteiger partial charge on any atom is 0.343 e. The summed E-state index contributed by atoms with van der Waals surface area (Å²) in [5.74, 6) is -0.00751. The summed E-state index contributed by atoms with van der Waals surface area (Å²) < 4.78 is 7.50. The lowest BCUT2D eigenvalue weighted by Gasteiger charge is -2.33. The lowest BCUT2D eigenvalue weighted by atomic mass is 9.97. The first-order valence-corrected chi connectivity index (χ1v) is 9.19. The van der Waals surface area contributed by atoms with E-state index in [0.717, 1.165) is 32.5 Å². The van der Waals surface area contributed by atoms with Gasteiger partial charge in [-0.25, -0.2) is 9.78 Å². The van der Waals surface area contributed by atoms with Crippen LogP contribution in [-0.2, 0) is 6.54 Å². The molecule has 1 unspecified atom stereocenters. The number of aromatic carboxylic acids is 1. The normalized spacial score (nSPS) is 17.2. The number of imidazole rings is 1. The number of carboxylic acid groups (broad SMARTS) is 1. The van der Waals surface area contributed by atoms with Gasteiger partial charge in [-0.15, -0.1) is 0 Å². The number of halogens is 1. The third-order valence-electron chi connectivity index (χ3n) is 4.84. The summed E-state index contributed by atoms with van der Waals surface area (Å²) in [4.78, 5) is 18.1. The van der Waals surface area contributed by atoms with Crippen LogP contribution in [0.15, 0.2) is 47.5 Å². The van der Waals surface area contributed by atoms with Crippen molar-refractivity contribution in [2.75, 3.05) is 18.0 Å². The van der Waals surface area contributed by atoms with Crippen LogP contribution < -0.4 is 4.90 Å². The van der Waals surface area contributed by atoms with Crippen LogP contribution in [0.3, 0.4) is 0 Å². The Hall–Kier alpha value is -2.80. The Morgan fingerprint density at radius 3 is 2.85 bits per heavy atom. The molecule has 1 aromatic carbocycles. The molecule has 0 saturated carbocycles. The molecule has 8 heteroatoms. The molecule has 140 valence electrons. The molecule has 3 aromatic rings. The second-order valence-electron chi connectivity index (χ2n) is 6.74. The quantitative estimate of drug-likeness (QED) is 0.717. The molecular formula is C19H19ClN4O3. The Bertz CT molecular complexity index is 921. The standard InChI is InChI=1S/C19H19ClN4O3/c20-15-5-3-14(4-6-15)17-16(19(25)26)18(22-27-17)24-8-1-2-13(11-24)10-23-9-7-21-12-23/h3-7,9,12-13H,1-2,8,10-11H2,(H,25,26). The summed E-state index contributed by atoms with van der Waals surface area (Å²) in [6.07, 6.45) is 7.56. The molecule has 1 N–H and O–H groups in total. The number of aromatic nitrogens is 3. The van der Waals surface area contributed by atoms with Gasteiger partial charge in [0, 0.05) is 42.6 Å². The first-order valence-electron chi connectivity index (χ1n) is 8.81. The van der Waals surface area contributed by atoms with Gasteiger partial charge in [0.1, 0.15) is 0 Å². The second-order valence-corrected chi connectivity index (χ2v) is 7.17. The smallest absolute Gasteiger partial charge is 0.343 e. The maximum absolute atomic E-state index is 12.0. The molecule has 0 spiro atoms. The van der Waals surface area contributed by atoms with Crippen LogP contribution >= 0.6 is 11.6 Å². The monoisotopic (exact) mass is 386 g/mol. The summed E-state index contributed by atoms with van der Waals surface area (Å²) in [6, 6.07) is 6.87. The summed E-state index contributed by atoms with van der Waals surface area (Å²) in [5, 5.41) is 14.5. The van der Waals surface area contributed by atoms with E-state index in [1.165, 1.54) is 0 Å². The van der Waals surface area contributed by atoms with Crippen molar-refractivity contribution in [3.63, 3.8) is 0 Å². The highest BCUT2D eigenvalue weighted by Crippen LogP contribution is 2.34. The van der Waals surface area contributed by atoms with Crippen LogP contribution in [0, 0.1) is 5.92 Å². The average molecular weight is 387 g/mol. The van der Waals surface area contributed by atoms with Crippen molar-refractivity contribution < 1.29 is 14.4 Å². The fraction of sp³-hybridized carbons (Fsp3) is 0.316. The van der Waals surface area contributed by atoms with Crippen LogP contribution in [-0.4, -0.2) is 38.9 Å². The van der Waals surface area contributed by atoms with E-state index in [2.05, 4.69) is 10.1 Å². The van der Waals surface area contributed by atoms with Crippen LogP contribution in [0.2, 0.25) is 5.02 Å². The van der Waals surface area contributed by atoms with Gasteiger partial charge >= 0.3 is 5.97 Å². The average Bonchev–Trinajstić information content (AvgIpc) is 3.32. The van der Waals surface area contributed by atoms with Crippen molar-refractivity contribution in [3.05, 3.63) is 53.6 Å². The van der Waals surface area contributed by atoms with Crippen molar-refractivity contribution in [2.45, 2.75) is 19.4 Å². The third kappa shape index (κ3) is 3.68. The molecule has 2 aromatic heterocycles. The molecule has 0 radical (unpaired) electrons. The largest absolute Gasteiger partial charge is 0.477 e. The predicted octanol–water partition coefficient (Wildman–Crippen LogP) is 3.81. The number of benzene rings is 1. The maximum atomic E-state index is 12.0. The van der Waals surface area contributed by atoms with Crippen molar-refractivity contribution in [1.82, 2.24) is 14.7 Å². The van der Waals surface area contributed by atoms with Gasteiger partial charge in [0.05, 0.1) is 6.33 Å². The highest BCUT2D eigenvalue weighted by atomic mass is 35.5. The molecule has 1 aliphatic rings. The first kappa shape index (κ1) is 17.6. The highest BCUT2D eigenvalue weighted by Gasteiger charge is 2.30. The van der Waals surface area contributed by atoms with Crippen LogP contribution in [0.1, 0.15) is 23.2 Å². The van der Waals surface area contributed by atoms with Gasteiger partial charge in [-0.2, -0.15) is 0 Å². The van der Waals surface area contributed by atoms with Crippen LogP contribution in [0.5, 0.6) is 0 Å². The SMILES string of the molecule is O=C(O)c1c(N2CCCC(Cn3ccnc3)C2)noc1-c1ccc(Cl)cc1. The van der Waals surface area contributed by atoms with Gasteiger partial charge in [0.25, 0.3) is 0 Å². The number of nitrogens with zero attached hydrogens (tertiary/aromatic N) is 4. The number of carboxylic acids is 1. The molecule has 1 atom stereocenters. The Morgan fingerprint density at radius 2 is 2.15 bits per heavy atom. The van der Waals surface area contributed by atoms with E-state index >= 15 is 0 Å². The zero-order valence-corrected chi connectivity index (χ0v) is 15.3. The minimum Gasteiger partial charge on any atom is -0.477 e. The summed E-state index contributed by atoms with van der Waals surface area (Å²) in [6.45, 7) is 2.33. The molecule has 0 amide bonds. The molecule has 0 bridgehead atoms. The molecule has 1 aliphatic heterocycles. The van der Waals surface area contributed by atoms with E-state index in [-0.39, 0.29) is 11.3 Å². The number of hydrogen-bond donors (Lipinski definition) is 1. The molecule has 27 heavy (non-hydrogen) atoms. The van der Waals surface area contributed by atoms with E-state index in [4.69, 9.17) is 16.1 Å². The van der Waals surface area contributed by atoms with Crippen molar-refractivity contribution in [1.29, 1.82) is 0 Å². The summed E-state index contributed by atoms with van der Waals surface area (Å²) >= 11 is 5.93. The van der Waals surface area contributed by atoms with Gasteiger partial charge in [-0.1, -0.05) is 16.8 Å². The first-order chi connectivity index (χ1) is 13.1. The molecule has 7 nitrogen and oxygen atoms in total. The van der Waals surface area contributed by atoms with Gasteiger partial charge in [-0.3, -0.25) is 0 Å². The van der Waals surface area contributed by atoms with Crippen LogP contribution in [0.4, 0.5) is 5.82 Å². The molecule has 0 aliphatic carbocycles. The minimum absolute atomic E-state index is 0.0978. The third-order valence-corrected chi connectivity index (χ3v) is 5.09. The summed E-state index contributed by atoms with van der Waals surface area (Å²) in [5.41, 5.74) is 0.739. The highest BCUT2D eigenvalue weighted by molar-refractivity contribution is 6.30. The number of carbonyl (C=O) groups is 1. The van der Waals surface area contributed by atoms with Crippen LogP contribution in [0.25, 0.3) is 11.3 Å². The van der Waals surface area contributed by atoms with E-state index in [1.807, 2.05) is 15.7 Å². The molecule has 3 heterocycles. The fourth-order valence-electron chi connectivity index (χ4n) is 3.59. The van der Waals surface area contributed by atoms with Gasteiger partial charge in [-0.05, 0) is 43.0 Å². The van der Waals surface area contributed by atoms with Crippen molar-refractivity contribution in [2.24, 2.45) is 5.92 Å². The number of piperidine rings is 1. The topological polar surface area (TPSA) is 84.4 Å². The lowest BCUT2D eigenvalue weighted by Crippen LogP contribution is -2.38. The Balaban J connectivity index is 1.61. The minimum atomic E-state index is -1.05. The van der Waals surface area contributed by atoms with E-state index in [0.29, 0.717) is 22.3 Å². The molecule has 1 fully saturated rings. The van der Waals surface area contributed by atoms with Gasteiger partial charge in [0.2, 0.25) is 0 Å².